The maximum Gasteiger partial charge on any atom is 0.225 e. The highest BCUT2D eigenvalue weighted by Gasteiger charge is 2.12. The van der Waals surface area contributed by atoms with Crippen molar-refractivity contribution >= 4 is 34.5 Å². The van der Waals surface area contributed by atoms with E-state index in [1.165, 1.54) is 9.98 Å². The fourth-order valence-electron chi connectivity index (χ4n) is 3.51. The number of nitrogens with one attached hydrogen (secondary N) is 1. The SMILES string of the molecule is C[C@H](Nc1nccc(-n2cnc3cc(C4=NCN(Cl)C=C4)ccc32)n1)c1ccccc1. The van der Waals surface area contributed by atoms with E-state index in [-0.39, 0.29) is 6.04 Å². The largest absolute Gasteiger partial charge is 0.348 e. The van der Waals surface area contributed by atoms with Gasteiger partial charge in [-0.05, 0) is 36.8 Å². The number of anilines is 1. The van der Waals surface area contributed by atoms with Gasteiger partial charge in [-0.2, -0.15) is 4.98 Å². The van der Waals surface area contributed by atoms with E-state index in [1.54, 1.807) is 18.7 Å². The van der Waals surface area contributed by atoms with Crippen LogP contribution in [0.2, 0.25) is 0 Å². The molecule has 3 heterocycles. The zero-order valence-corrected chi connectivity index (χ0v) is 17.6. The highest BCUT2D eigenvalue weighted by molar-refractivity contribution is 6.16. The number of aromatic nitrogens is 4. The molecule has 31 heavy (non-hydrogen) atoms. The van der Waals surface area contributed by atoms with Gasteiger partial charge in [0.05, 0.1) is 22.8 Å². The number of rotatable bonds is 5. The second-order valence-corrected chi connectivity index (χ2v) is 7.67. The number of allylic oxidation sites excluding steroid dienone is 1. The molecule has 2 aromatic heterocycles. The summed E-state index contributed by atoms with van der Waals surface area (Å²) in [4.78, 5) is 18.1. The summed E-state index contributed by atoms with van der Waals surface area (Å²) in [6.07, 6.45) is 7.23. The van der Waals surface area contributed by atoms with Gasteiger partial charge in [-0.3, -0.25) is 14.0 Å². The molecule has 7 nitrogen and oxygen atoms in total. The van der Waals surface area contributed by atoms with E-state index in [0.29, 0.717) is 12.6 Å². The minimum atomic E-state index is 0.0896. The Kier molecular flexibility index (Phi) is 5.09. The number of hydrogen-bond donors (Lipinski definition) is 1. The Morgan fingerprint density at radius 3 is 2.74 bits per heavy atom. The molecule has 1 atom stereocenters. The lowest BCUT2D eigenvalue weighted by molar-refractivity contribution is 0.616. The maximum atomic E-state index is 5.92. The van der Waals surface area contributed by atoms with E-state index >= 15 is 0 Å². The van der Waals surface area contributed by atoms with Crippen LogP contribution in [0.5, 0.6) is 0 Å². The van der Waals surface area contributed by atoms with Crippen LogP contribution in [0.4, 0.5) is 5.95 Å². The average Bonchev–Trinajstić information content (AvgIpc) is 3.24. The van der Waals surface area contributed by atoms with E-state index in [0.717, 1.165) is 28.1 Å². The van der Waals surface area contributed by atoms with Gasteiger partial charge >= 0.3 is 0 Å². The van der Waals surface area contributed by atoms with Crippen LogP contribution in [0.3, 0.4) is 0 Å². The zero-order valence-electron chi connectivity index (χ0n) is 16.9. The van der Waals surface area contributed by atoms with Crippen LogP contribution in [0.15, 0.2) is 84.4 Å². The van der Waals surface area contributed by atoms with Gasteiger partial charge in [0.1, 0.15) is 18.8 Å². The van der Waals surface area contributed by atoms with Gasteiger partial charge in [0.2, 0.25) is 5.95 Å². The molecule has 0 saturated heterocycles. The first kappa shape index (κ1) is 19.3. The number of halogens is 1. The lowest BCUT2D eigenvalue weighted by Crippen LogP contribution is -2.13. The summed E-state index contributed by atoms with van der Waals surface area (Å²) in [5.41, 5.74) is 4.89. The highest BCUT2D eigenvalue weighted by Crippen LogP contribution is 2.22. The standard InChI is InChI=1S/C23H20ClN7/c1-16(17-5-3-2-4-6-17)28-23-25-11-9-22(29-23)31-15-27-20-13-18(7-8-21(20)31)19-10-12-30(24)14-26-19/h2-13,15-16H,14H2,1H3,(H,25,28,29)/t16-/m0/s1. The third-order valence-electron chi connectivity index (χ3n) is 5.15. The Hall–Kier alpha value is -3.71. The molecule has 8 heteroatoms. The van der Waals surface area contributed by atoms with E-state index in [9.17, 15) is 0 Å². The van der Waals surface area contributed by atoms with Gasteiger partial charge in [-0.15, -0.1) is 0 Å². The minimum Gasteiger partial charge on any atom is -0.348 e. The van der Waals surface area contributed by atoms with Crippen LogP contribution >= 0.6 is 11.8 Å². The fraction of sp³-hybridized carbons (Fsp3) is 0.130. The summed E-state index contributed by atoms with van der Waals surface area (Å²) in [7, 11) is 0. The predicted molar refractivity (Wildman–Crippen MR) is 123 cm³/mol. The molecule has 0 amide bonds. The van der Waals surface area contributed by atoms with Gasteiger partial charge in [0.15, 0.2) is 0 Å². The Labute approximate surface area is 184 Å². The number of aliphatic imine (C=N–C) groups is 1. The van der Waals surface area contributed by atoms with Gasteiger partial charge in [-0.25, -0.2) is 9.97 Å². The zero-order chi connectivity index (χ0) is 21.2. The van der Waals surface area contributed by atoms with Gasteiger partial charge in [0.25, 0.3) is 0 Å². The monoisotopic (exact) mass is 429 g/mol. The Morgan fingerprint density at radius 1 is 1.06 bits per heavy atom. The van der Waals surface area contributed by atoms with Crippen LogP contribution in [0, 0.1) is 0 Å². The van der Waals surface area contributed by atoms with Gasteiger partial charge < -0.3 is 5.32 Å². The van der Waals surface area contributed by atoms with Crippen molar-refractivity contribution in [3.63, 3.8) is 0 Å². The second kappa shape index (κ2) is 8.20. The number of imidazole rings is 1. The third kappa shape index (κ3) is 4.00. The first-order valence-electron chi connectivity index (χ1n) is 9.95. The normalized spacial score (nSPS) is 14.5. The van der Waals surface area contributed by atoms with Crippen molar-refractivity contribution < 1.29 is 0 Å². The van der Waals surface area contributed by atoms with Gasteiger partial charge in [0, 0.05) is 29.7 Å². The van der Waals surface area contributed by atoms with Crippen LogP contribution in [-0.4, -0.2) is 36.3 Å². The lowest BCUT2D eigenvalue weighted by atomic mass is 10.1. The van der Waals surface area contributed by atoms with E-state index in [4.69, 9.17) is 16.8 Å². The number of nitrogens with zero attached hydrogens (tertiary/aromatic N) is 6. The van der Waals surface area contributed by atoms with Crippen LogP contribution in [0.1, 0.15) is 24.1 Å². The number of hydrogen-bond acceptors (Lipinski definition) is 6. The Morgan fingerprint density at radius 2 is 1.94 bits per heavy atom. The fourth-order valence-corrected chi connectivity index (χ4v) is 3.62. The van der Waals surface area contributed by atoms with E-state index in [1.807, 2.05) is 53.1 Å². The molecule has 0 radical (unpaired) electrons. The molecule has 0 unspecified atom stereocenters. The van der Waals surface area contributed by atoms with Gasteiger partial charge in [-0.1, -0.05) is 36.4 Å². The maximum absolute atomic E-state index is 5.92. The summed E-state index contributed by atoms with van der Waals surface area (Å²) in [5, 5.41) is 3.37. The molecule has 0 fully saturated rings. The van der Waals surface area contributed by atoms with E-state index < -0.39 is 0 Å². The molecular formula is C23H20ClN7. The lowest BCUT2D eigenvalue weighted by Gasteiger charge is -2.15. The summed E-state index contributed by atoms with van der Waals surface area (Å²) < 4.78 is 3.47. The van der Waals surface area contributed by atoms with Crippen LogP contribution in [-0.2, 0) is 0 Å². The van der Waals surface area contributed by atoms with E-state index in [2.05, 4.69) is 39.3 Å². The summed E-state index contributed by atoms with van der Waals surface area (Å²) in [6.45, 7) is 2.52. The smallest absolute Gasteiger partial charge is 0.225 e. The van der Waals surface area contributed by atoms with Crippen molar-refractivity contribution in [3.05, 3.63) is 90.5 Å². The molecule has 5 rings (SSSR count). The molecule has 2 aromatic carbocycles. The van der Waals surface area contributed by atoms with Crippen LogP contribution < -0.4 is 5.32 Å². The molecule has 154 valence electrons. The molecule has 0 aliphatic carbocycles. The Balaban J connectivity index is 1.42. The van der Waals surface area contributed by atoms with Crippen molar-refractivity contribution in [1.29, 1.82) is 0 Å². The number of fused-ring (bicyclic) bond motifs is 1. The second-order valence-electron chi connectivity index (χ2n) is 7.23. The predicted octanol–water partition coefficient (Wildman–Crippen LogP) is 4.72. The summed E-state index contributed by atoms with van der Waals surface area (Å²) >= 11 is 5.92. The molecule has 0 saturated carbocycles. The van der Waals surface area contributed by atoms with Crippen LogP contribution in [0.25, 0.3) is 16.9 Å². The molecule has 0 bridgehead atoms. The molecular weight excluding hydrogens is 410 g/mol. The molecule has 0 spiro atoms. The summed E-state index contributed by atoms with van der Waals surface area (Å²) in [6, 6.07) is 18.3. The molecule has 1 aliphatic rings. The first-order chi connectivity index (χ1) is 15.2. The van der Waals surface area contributed by atoms with Crippen molar-refractivity contribution in [1.82, 2.24) is 23.9 Å². The highest BCUT2D eigenvalue weighted by atomic mass is 35.5. The Bertz CT molecular complexity index is 1280. The van der Waals surface area contributed by atoms with Crippen molar-refractivity contribution in [3.8, 4) is 5.82 Å². The average molecular weight is 430 g/mol. The molecule has 1 aliphatic heterocycles. The molecule has 1 N–H and O–H groups in total. The first-order valence-corrected chi connectivity index (χ1v) is 10.3. The van der Waals surface area contributed by atoms with Crippen molar-refractivity contribution in [2.45, 2.75) is 13.0 Å². The van der Waals surface area contributed by atoms with Crippen molar-refractivity contribution in [2.75, 3.05) is 12.0 Å². The number of benzene rings is 2. The summed E-state index contributed by atoms with van der Waals surface area (Å²) in [5.74, 6) is 1.32. The minimum absolute atomic E-state index is 0.0896. The third-order valence-corrected chi connectivity index (χ3v) is 5.37. The molecule has 4 aromatic rings. The quantitative estimate of drug-likeness (QED) is 0.465. The topological polar surface area (TPSA) is 71.2 Å². The van der Waals surface area contributed by atoms with Crippen molar-refractivity contribution in [2.24, 2.45) is 4.99 Å².